The molecule has 0 aliphatic heterocycles. The van der Waals surface area contributed by atoms with Crippen molar-refractivity contribution >= 4 is 32.3 Å². The second-order valence-corrected chi connectivity index (χ2v) is 16.0. The summed E-state index contributed by atoms with van der Waals surface area (Å²) in [5, 5.41) is 7.19. The summed E-state index contributed by atoms with van der Waals surface area (Å²) in [5.41, 5.74) is 21.8. The third kappa shape index (κ3) is 5.99. The maximum atomic E-state index is 5.20. The van der Waals surface area contributed by atoms with Crippen LogP contribution in [0.1, 0.15) is 56.4 Å². The van der Waals surface area contributed by atoms with E-state index in [0.29, 0.717) is 0 Å². The zero-order valence-electron chi connectivity index (χ0n) is 33.9. The monoisotopic (exact) mass is 727 g/mol. The molecule has 0 fully saturated rings. The molecule has 0 bridgehead atoms. The molecule has 274 valence electrons. The highest BCUT2D eigenvalue weighted by atomic mass is 14.7. The number of benzene rings is 4. The highest BCUT2D eigenvalue weighted by molar-refractivity contribution is 6.33. The van der Waals surface area contributed by atoms with Gasteiger partial charge < -0.3 is 0 Å². The minimum atomic E-state index is 0.962. The molecule has 9 aromatic rings. The van der Waals surface area contributed by atoms with Crippen LogP contribution in [0.15, 0.2) is 91.3 Å². The van der Waals surface area contributed by atoms with Crippen molar-refractivity contribution in [3.8, 4) is 55.9 Å². The van der Waals surface area contributed by atoms with Gasteiger partial charge in [-0.2, -0.15) is 0 Å². The van der Waals surface area contributed by atoms with Crippen molar-refractivity contribution in [3.05, 3.63) is 148 Å². The SMILES string of the molecule is Cc1cc(C)nc(-c2cc(-c3cc(C)cc(C)n3)c3cc(-c4cc(C)nc(C)c4)c4cc(-c5c(C)cncc5C)cc5c(-c6cc(C)nc(C)c6)cc2c3c54)c1. The Balaban J connectivity index is 1.58. The van der Waals surface area contributed by atoms with Crippen LogP contribution in [0.5, 0.6) is 0 Å². The van der Waals surface area contributed by atoms with E-state index in [-0.39, 0.29) is 0 Å². The molecule has 0 aliphatic carbocycles. The molecule has 0 atom stereocenters. The number of pyridine rings is 5. The molecule has 0 saturated carbocycles. The molecule has 5 heteroatoms. The number of hydrogen-bond acceptors (Lipinski definition) is 5. The fourth-order valence-electron chi connectivity index (χ4n) is 9.20. The van der Waals surface area contributed by atoms with Crippen LogP contribution in [-0.4, -0.2) is 24.9 Å². The van der Waals surface area contributed by atoms with Crippen LogP contribution in [0.25, 0.3) is 88.2 Å². The summed E-state index contributed by atoms with van der Waals surface area (Å²) in [6.07, 6.45) is 3.96. The van der Waals surface area contributed by atoms with E-state index in [1.54, 1.807) is 0 Å². The normalized spacial score (nSPS) is 11.8. The van der Waals surface area contributed by atoms with Gasteiger partial charge in [-0.1, -0.05) is 0 Å². The van der Waals surface area contributed by atoms with Crippen molar-refractivity contribution in [2.75, 3.05) is 0 Å². The Hall–Kier alpha value is -6.33. The topological polar surface area (TPSA) is 64.5 Å². The van der Waals surface area contributed by atoms with Gasteiger partial charge in [0.05, 0.1) is 11.4 Å². The average molecular weight is 728 g/mol. The maximum Gasteiger partial charge on any atom is 0.0714 e. The molecular weight excluding hydrogens is 683 g/mol. The summed E-state index contributed by atoms with van der Waals surface area (Å²) < 4.78 is 0. The Morgan fingerprint density at radius 3 is 1.09 bits per heavy atom. The van der Waals surface area contributed by atoms with Crippen LogP contribution in [0.2, 0.25) is 0 Å². The van der Waals surface area contributed by atoms with Gasteiger partial charge in [0.25, 0.3) is 0 Å². The summed E-state index contributed by atoms with van der Waals surface area (Å²) in [6.45, 7) is 21.2. The molecule has 9 rings (SSSR count). The Bertz CT molecular complexity index is 2810. The van der Waals surface area contributed by atoms with Gasteiger partial charge in [-0.3, -0.25) is 24.9 Å². The van der Waals surface area contributed by atoms with Crippen molar-refractivity contribution in [1.29, 1.82) is 0 Å². The summed E-state index contributed by atoms with van der Waals surface area (Å²) in [6, 6.07) is 29.7. The predicted molar refractivity (Wildman–Crippen MR) is 234 cm³/mol. The molecule has 5 nitrogen and oxygen atoms in total. The molecule has 4 aromatic carbocycles. The van der Waals surface area contributed by atoms with E-state index in [2.05, 4.69) is 153 Å². The fourth-order valence-corrected chi connectivity index (χ4v) is 9.20. The molecular formula is C51H45N5. The smallest absolute Gasteiger partial charge is 0.0714 e. The van der Waals surface area contributed by atoms with Crippen molar-refractivity contribution in [3.63, 3.8) is 0 Å². The summed E-state index contributed by atoms with van der Waals surface area (Å²) in [4.78, 5) is 24.6. The first-order valence-corrected chi connectivity index (χ1v) is 19.4. The minimum absolute atomic E-state index is 0.962. The van der Waals surface area contributed by atoms with Crippen LogP contribution < -0.4 is 0 Å². The molecule has 5 heterocycles. The highest BCUT2D eigenvalue weighted by Gasteiger charge is 2.25. The molecule has 0 spiro atoms. The minimum Gasteiger partial charge on any atom is -0.264 e. The van der Waals surface area contributed by atoms with Gasteiger partial charge in [0.15, 0.2) is 0 Å². The molecule has 0 unspecified atom stereocenters. The van der Waals surface area contributed by atoms with E-state index in [1.807, 2.05) is 12.4 Å². The third-order valence-corrected chi connectivity index (χ3v) is 11.1. The predicted octanol–water partition coefficient (Wildman–Crippen LogP) is 13.0. The van der Waals surface area contributed by atoms with Crippen LogP contribution in [0.3, 0.4) is 0 Å². The average Bonchev–Trinajstić information content (AvgIpc) is 3.11. The van der Waals surface area contributed by atoms with E-state index >= 15 is 0 Å². The van der Waals surface area contributed by atoms with E-state index in [9.17, 15) is 0 Å². The fraction of sp³-hybridized carbons (Fsp3) is 0.196. The number of nitrogens with zero attached hydrogens (tertiary/aromatic N) is 5. The lowest BCUT2D eigenvalue weighted by atomic mass is 9.80. The summed E-state index contributed by atoms with van der Waals surface area (Å²) in [7, 11) is 0. The Morgan fingerprint density at radius 2 is 0.696 bits per heavy atom. The number of rotatable bonds is 5. The lowest BCUT2D eigenvalue weighted by Crippen LogP contribution is -1.99. The van der Waals surface area contributed by atoms with Crippen LogP contribution in [-0.2, 0) is 0 Å². The third-order valence-electron chi connectivity index (χ3n) is 11.1. The van der Waals surface area contributed by atoms with Gasteiger partial charge in [0.1, 0.15) is 0 Å². The standard InChI is InChI=1S/C51H45N5/c1-26-11-30(5)55-47(13-26)41-23-42(48-14-27(2)12-31(6)56-48)46-22-40(37-17-34(9)54-35(10)18-37)44-20-38(49-28(3)24-52-25-29(49)4)19-43-39(21-45(41)51(46)50(43)44)36-15-32(7)53-33(8)16-36/h11-25H,1-10H3. The molecule has 0 radical (unpaired) electrons. The van der Waals surface area contributed by atoms with E-state index < -0.39 is 0 Å². The summed E-state index contributed by atoms with van der Waals surface area (Å²) >= 11 is 0. The molecule has 5 aromatic heterocycles. The second kappa shape index (κ2) is 13.2. The van der Waals surface area contributed by atoms with Crippen molar-refractivity contribution in [1.82, 2.24) is 24.9 Å². The number of aryl methyl sites for hydroxylation is 10. The first kappa shape index (κ1) is 35.4. The Labute approximate surface area is 328 Å². The molecule has 0 amide bonds. The highest BCUT2D eigenvalue weighted by Crippen LogP contribution is 2.51. The van der Waals surface area contributed by atoms with Gasteiger partial charge in [0.2, 0.25) is 0 Å². The molecule has 0 N–H and O–H groups in total. The van der Waals surface area contributed by atoms with Gasteiger partial charge >= 0.3 is 0 Å². The number of aromatic nitrogens is 5. The lowest BCUT2D eigenvalue weighted by molar-refractivity contribution is 1.12. The first-order chi connectivity index (χ1) is 26.8. The van der Waals surface area contributed by atoms with Gasteiger partial charge in [-0.25, -0.2) is 0 Å². The van der Waals surface area contributed by atoms with Gasteiger partial charge in [-0.15, -0.1) is 0 Å². The number of hydrogen-bond donors (Lipinski definition) is 0. The zero-order valence-corrected chi connectivity index (χ0v) is 33.9. The molecule has 0 aliphatic rings. The Kier molecular flexibility index (Phi) is 8.31. The molecule has 0 saturated heterocycles. The van der Waals surface area contributed by atoms with E-state index in [0.717, 1.165) is 78.9 Å². The summed E-state index contributed by atoms with van der Waals surface area (Å²) in [5.74, 6) is 0. The van der Waals surface area contributed by atoms with Crippen molar-refractivity contribution < 1.29 is 0 Å². The van der Waals surface area contributed by atoms with E-state index in [4.69, 9.17) is 19.9 Å². The van der Waals surface area contributed by atoms with Crippen LogP contribution in [0.4, 0.5) is 0 Å². The maximum absolute atomic E-state index is 5.20. The quantitative estimate of drug-likeness (QED) is 0.165. The van der Waals surface area contributed by atoms with Gasteiger partial charge in [-0.05, 0) is 236 Å². The van der Waals surface area contributed by atoms with E-state index in [1.165, 1.54) is 65.7 Å². The lowest BCUT2D eigenvalue weighted by Gasteiger charge is -2.24. The van der Waals surface area contributed by atoms with Crippen molar-refractivity contribution in [2.24, 2.45) is 0 Å². The van der Waals surface area contributed by atoms with Crippen LogP contribution in [0, 0.1) is 69.2 Å². The Morgan fingerprint density at radius 1 is 0.321 bits per heavy atom. The first-order valence-electron chi connectivity index (χ1n) is 19.4. The van der Waals surface area contributed by atoms with Crippen LogP contribution >= 0.6 is 0 Å². The molecule has 56 heavy (non-hydrogen) atoms. The van der Waals surface area contributed by atoms with Crippen molar-refractivity contribution in [2.45, 2.75) is 69.2 Å². The zero-order chi connectivity index (χ0) is 39.2. The van der Waals surface area contributed by atoms with Gasteiger partial charge in [0, 0.05) is 57.7 Å². The largest absolute Gasteiger partial charge is 0.264 e. The second-order valence-electron chi connectivity index (χ2n) is 16.0.